The second-order valence-electron chi connectivity index (χ2n) is 5.50. The monoisotopic (exact) mass is 428 g/mol. The van der Waals surface area contributed by atoms with Crippen molar-refractivity contribution in [2.75, 3.05) is 0 Å². The van der Waals surface area contributed by atoms with Gasteiger partial charge in [-0.2, -0.15) is 4.39 Å². The number of hydrogen-bond donors (Lipinski definition) is 1. The second-order valence-corrected chi connectivity index (χ2v) is 5.50. The second kappa shape index (κ2) is 7.14. The van der Waals surface area contributed by atoms with Crippen molar-refractivity contribution < 1.29 is 53.6 Å². The third kappa shape index (κ3) is 3.05. The van der Waals surface area contributed by atoms with E-state index in [1.165, 1.54) is 0 Å². The van der Waals surface area contributed by atoms with Gasteiger partial charge in [0.15, 0.2) is 52.3 Å². The molecule has 2 nitrogen and oxygen atoms in total. The van der Waals surface area contributed by atoms with E-state index in [1.54, 1.807) is 0 Å². The SMILES string of the molecule is OB(Oc1c(F)c(F)c(F)c2c(F)c(F)c(F)c(F)c12)c1c(F)ccc(F)c1F. The van der Waals surface area contributed by atoms with E-state index in [-0.39, 0.29) is 0 Å². The summed E-state index contributed by atoms with van der Waals surface area (Å²) in [6, 6.07) is 0.594. The normalized spacial score (nSPS) is 11.3. The molecular weight excluding hydrogens is 425 g/mol. The van der Waals surface area contributed by atoms with E-state index in [1.807, 2.05) is 0 Å². The van der Waals surface area contributed by atoms with Crippen molar-refractivity contribution in [1.29, 1.82) is 0 Å². The Kier molecular flexibility index (Phi) is 5.11. The molecule has 0 spiro atoms. The minimum Gasteiger partial charge on any atom is -0.530 e. The molecule has 152 valence electrons. The van der Waals surface area contributed by atoms with E-state index in [4.69, 9.17) is 0 Å². The molecule has 3 aromatic rings. The summed E-state index contributed by atoms with van der Waals surface area (Å²) in [7, 11) is -3.02. The summed E-state index contributed by atoms with van der Waals surface area (Å²) in [5.41, 5.74) is -1.61. The molecule has 0 fully saturated rings. The quantitative estimate of drug-likeness (QED) is 0.296. The highest BCUT2D eigenvalue weighted by Gasteiger charge is 2.35. The Morgan fingerprint density at radius 2 is 1.00 bits per heavy atom. The van der Waals surface area contributed by atoms with Gasteiger partial charge in [-0.1, -0.05) is 0 Å². The van der Waals surface area contributed by atoms with Gasteiger partial charge in [0.1, 0.15) is 5.82 Å². The van der Waals surface area contributed by atoms with Gasteiger partial charge in [0.25, 0.3) is 0 Å². The van der Waals surface area contributed by atoms with E-state index in [2.05, 4.69) is 4.65 Å². The molecule has 3 aromatic carbocycles. The summed E-state index contributed by atoms with van der Waals surface area (Å²) >= 11 is 0. The first-order valence-electron chi connectivity index (χ1n) is 7.29. The molecule has 0 aliphatic rings. The molecule has 3 rings (SSSR count). The van der Waals surface area contributed by atoms with Crippen molar-refractivity contribution in [2.45, 2.75) is 0 Å². The van der Waals surface area contributed by atoms with E-state index in [0.717, 1.165) is 0 Å². The number of hydrogen-bond acceptors (Lipinski definition) is 2. The van der Waals surface area contributed by atoms with E-state index < -0.39 is 87.3 Å². The summed E-state index contributed by atoms with van der Waals surface area (Å²) in [6.45, 7) is 0. The van der Waals surface area contributed by atoms with Crippen molar-refractivity contribution >= 4 is 23.4 Å². The Morgan fingerprint density at radius 3 is 1.55 bits per heavy atom. The van der Waals surface area contributed by atoms with E-state index in [9.17, 15) is 48.9 Å². The molecule has 0 aliphatic heterocycles. The van der Waals surface area contributed by atoms with Crippen LogP contribution < -0.4 is 10.1 Å². The van der Waals surface area contributed by atoms with Gasteiger partial charge in [-0.3, -0.25) is 0 Å². The first kappa shape index (κ1) is 20.8. The summed E-state index contributed by atoms with van der Waals surface area (Å²) < 4.78 is 141. The van der Waals surface area contributed by atoms with Gasteiger partial charge in [-0.05, 0) is 12.1 Å². The lowest BCUT2D eigenvalue weighted by Crippen LogP contribution is -2.42. The minimum atomic E-state index is -3.02. The highest BCUT2D eigenvalue weighted by atomic mass is 19.2. The van der Waals surface area contributed by atoms with Gasteiger partial charge in [-0.15, -0.1) is 0 Å². The zero-order valence-corrected chi connectivity index (χ0v) is 13.4. The maximum Gasteiger partial charge on any atom is 0.566 e. The molecular formula is C16H3BF10O2. The third-order valence-corrected chi connectivity index (χ3v) is 3.85. The Hall–Kier alpha value is -2.96. The van der Waals surface area contributed by atoms with E-state index in [0.29, 0.717) is 12.1 Å². The van der Waals surface area contributed by atoms with Crippen LogP contribution >= 0.6 is 0 Å². The van der Waals surface area contributed by atoms with Gasteiger partial charge >= 0.3 is 7.12 Å². The first-order valence-corrected chi connectivity index (χ1v) is 7.29. The highest BCUT2D eigenvalue weighted by molar-refractivity contribution is 6.61. The van der Waals surface area contributed by atoms with Crippen LogP contribution in [0.5, 0.6) is 5.75 Å². The molecule has 0 saturated carbocycles. The Bertz CT molecular complexity index is 1160. The van der Waals surface area contributed by atoms with Crippen LogP contribution in [0.2, 0.25) is 0 Å². The van der Waals surface area contributed by atoms with Gasteiger partial charge < -0.3 is 9.68 Å². The molecule has 0 saturated heterocycles. The van der Waals surface area contributed by atoms with Crippen LogP contribution in [0.15, 0.2) is 12.1 Å². The topological polar surface area (TPSA) is 29.5 Å². The van der Waals surface area contributed by atoms with Crippen molar-refractivity contribution in [3.05, 3.63) is 70.3 Å². The van der Waals surface area contributed by atoms with Crippen LogP contribution in [-0.4, -0.2) is 12.1 Å². The van der Waals surface area contributed by atoms with Crippen LogP contribution in [0.1, 0.15) is 0 Å². The molecule has 1 N–H and O–H groups in total. The predicted molar refractivity (Wildman–Crippen MR) is 78.2 cm³/mol. The first-order chi connectivity index (χ1) is 13.5. The van der Waals surface area contributed by atoms with Crippen LogP contribution in [0.3, 0.4) is 0 Å². The molecule has 0 aromatic heterocycles. The average molecular weight is 428 g/mol. The highest BCUT2D eigenvalue weighted by Crippen LogP contribution is 2.39. The van der Waals surface area contributed by atoms with Crippen molar-refractivity contribution in [3.8, 4) is 5.75 Å². The number of rotatable bonds is 3. The maximum atomic E-state index is 14.1. The predicted octanol–water partition coefficient (Wildman–Crippen LogP) is 4.00. The number of benzene rings is 3. The Balaban J connectivity index is 2.32. The zero-order chi connectivity index (χ0) is 21.8. The maximum absolute atomic E-state index is 14.1. The molecule has 0 heterocycles. The summed E-state index contributed by atoms with van der Waals surface area (Å²) in [6.07, 6.45) is 0. The Labute approximate surface area is 154 Å². The lowest BCUT2D eigenvalue weighted by atomic mass is 9.78. The number of fused-ring (bicyclic) bond motifs is 1. The van der Waals surface area contributed by atoms with Crippen LogP contribution in [-0.2, 0) is 0 Å². The summed E-state index contributed by atoms with van der Waals surface area (Å²) in [5.74, 6) is -25.0. The van der Waals surface area contributed by atoms with Gasteiger partial charge in [-0.25, -0.2) is 39.5 Å². The molecule has 0 aliphatic carbocycles. The van der Waals surface area contributed by atoms with Crippen LogP contribution in [0.4, 0.5) is 43.9 Å². The van der Waals surface area contributed by atoms with Gasteiger partial charge in [0.05, 0.1) is 16.2 Å². The zero-order valence-electron chi connectivity index (χ0n) is 13.4. The average Bonchev–Trinajstić information content (AvgIpc) is 2.68. The van der Waals surface area contributed by atoms with E-state index >= 15 is 0 Å². The third-order valence-electron chi connectivity index (χ3n) is 3.85. The van der Waals surface area contributed by atoms with Gasteiger partial charge in [0, 0.05) is 0 Å². The van der Waals surface area contributed by atoms with Crippen molar-refractivity contribution in [2.24, 2.45) is 0 Å². The smallest absolute Gasteiger partial charge is 0.530 e. The summed E-state index contributed by atoms with van der Waals surface area (Å²) in [5, 5.41) is 5.96. The largest absolute Gasteiger partial charge is 0.566 e. The fourth-order valence-corrected chi connectivity index (χ4v) is 2.52. The Morgan fingerprint density at radius 1 is 0.552 bits per heavy atom. The van der Waals surface area contributed by atoms with Crippen molar-refractivity contribution in [1.82, 2.24) is 0 Å². The molecule has 0 amide bonds. The molecule has 0 atom stereocenters. The lowest BCUT2D eigenvalue weighted by Gasteiger charge is -2.17. The van der Waals surface area contributed by atoms with Crippen LogP contribution in [0, 0.1) is 58.2 Å². The molecule has 0 unspecified atom stereocenters. The fraction of sp³-hybridized carbons (Fsp3) is 0. The number of halogens is 10. The molecule has 29 heavy (non-hydrogen) atoms. The standard InChI is InChI=1S/C16H3BF10O2/c18-3-1-2-4(19)8(20)7(3)17(28)29-16-6-5(10(22)14(26)15(16)27)9(21)12(24)13(25)11(6)23/h1-2,28H. The van der Waals surface area contributed by atoms with Crippen molar-refractivity contribution in [3.63, 3.8) is 0 Å². The van der Waals surface area contributed by atoms with Gasteiger partial charge in [0.2, 0.25) is 5.82 Å². The molecule has 0 radical (unpaired) electrons. The molecule has 13 heteroatoms. The van der Waals surface area contributed by atoms with Crippen LogP contribution in [0.25, 0.3) is 10.8 Å². The summed E-state index contributed by atoms with van der Waals surface area (Å²) in [4.78, 5) is 0. The fourth-order valence-electron chi connectivity index (χ4n) is 2.52. The molecule has 0 bridgehead atoms. The minimum absolute atomic E-state index is 0.293. The lowest BCUT2D eigenvalue weighted by molar-refractivity contribution is 0.379.